The molecule has 17 heavy (non-hydrogen) atoms. The number of ether oxygens (including phenoxy) is 1. The Labute approximate surface area is 100 Å². The van der Waals surface area contributed by atoms with Gasteiger partial charge in [-0.2, -0.15) is 5.10 Å². The molecule has 1 aromatic carbocycles. The highest BCUT2D eigenvalue weighted by molar-refractivity contribution is 5.66. The fraction of sp³-hybridized carbons (Fsp3) is 0.308. The summed E-state index contributed by atoms with van der Waals surface area (Å²) in [6.45, 7) is 0. The van der Waals surface area contributed by atoms with Crippen molar-refractivity contribution in [1.29, 1.82) is 0 Å². The van der Waals surface area contributed by atoms with Crippen LogP contribution in [-0.4, -0.2) is 16.9 Å². The summed E-state index contributed by atoms with van der Waals surface area (Å²) in [7, 11) is 1.62. The van der Waals surface area contributed by atoms with E-state index in [9.17, 15) is 0 Å². The maximum atomic E-state index is 6.04. The van der Waals surface area contributed by atoms with Gasteiger partial charge in [-0.05, 0) is 31.0 Å². The Morgan fingerprint density at radius 2 is 2.18 bits per heavy atom. The highest BCUT2D eigenvalue weighted by Gasteiger charge is 2.26. The molecular formula is C13H15N3O. The third-order valence-electron chi connectivity index (χ3n) is 3.12. The average Bonchev–Trinajstić information content (AvgIpc) is 3.08. The SMILES string of the molecule is COc1cccc(-n2ccc(C3CC3)n2)c1N. The van der Waals surface area contributed by atoms with E-state index in [1.807, 2.05) is 29.1 Å². The van der Waals surface area contributed by atoms with Crippen LogP contribution in [0.2, 0.25) is 0 Å². The van der Waals surface area contributed by atoms with Gasteiger partial charge in [0.1, 0.15) is 11.4 Å². The Hall–Kier alpha value is -1.97. The van der Waals surface area contributed by atoms with Crippen LogP contribution < -0.4 is 10.5 Å². The highest BCUT2D eigenvalue weighted by atomic mass is 16.5. The van der Waals surface area contributed by atoms with Crippen molar-refractivity contribution < 1.29 is 4.74 Å². The third kappa shape index (κ3) is 1.75. The van der Waals surface area contributed by atoms with Gasteiger partial charge in [0.2, 0.25) is 0 Å². The van der Waals surface area contributed by atoms with Crippen LogP contribution in [-0.2, 0) is 0 Å². The molecule has 0 spiro atoms. The lowest BCUT2D eigenvalue weighted by Crippen LogP contribution is -2.02. The fourth-order valence-corrected chi connectivity index (χ4v) is 1.98. The van der Waals surface area contributed by atoms with E-state index in [-0.39, 0.29) is 0 Å². The lowest BCUT2D eigenvalue weighted by Gasteiger charge is -2.09. The maximum Gasteiger partial charge on any atom is 0.143 e. The summed E-state index contributed by atoms with van der Waals surface area (Å²) < 4.78 is 7.03. The first-order chi connectivity index (χ1) is 8.29. The van der Waals surface area contributed by atoms with Crippen LogP contribution in [0.4, 0.5) is 5.69 Å². The van der Waals surface area contributed by atoms with Gasteiger partial charge in [0, 0.05) is 12.1 Å². The molecule has 1 heterocycles. The molecule has 0 saturated heterocycles. The lowest BCUT2D eigenvalue weighted by atomic mass is 10.2. The Morgan fingerprint density at radius 1 is 1.35 bits per heavy atom. The molecule has 1 aliphatic rings. The number of hydrogen-bond acceptors (Lipinski definition) is 3. The molecule has 4 heteroatoms. The van der Waals surface area contributed by atoms with Gasteiger partial charge in [0.05, 0.1) is 18.5 Å². The van der Waals surface area contributed by atoms with Gasteiger partial charge >= 0.3 is 0 Å². The predicted octanol–water partition coefficient (Wildman–Crippen LogP) is 2.34. The van der Waals surface area contributed by atoms with E-state index in [1.165, 1.54) is 12.8 Å². The van der Waals surface area contributed by atoms with Crippen molar-refractivity contribution in [3.63, 3.8) is 0 Å². The number of methoxy groups -OCH3 is 1. The minimum atomic E-state index is 0.625. The number of aromatic nitrogens is 2. The van der Waals surface area contributed by atoms with E-state index in [0.29, 0.717) is 17.4 Å². The molecule has 0 radical (unpaired) electrons. The lowest BCUT2D eigenvalue weighted by molar-refractivity contribution is 0.416. The van der Waals surface area contributed by atoms with Crippen LogP contribution in [0, 0.1) is 0 Å². The van der Waals surface area contributed by atoms with E-state index in [1.54, 1.807) is 7.11 Å². The van der Waals surface area contributed by atoms with Crippen molar-refractivity contribution in [1.82, 2.24) is 9.78 Å². The highest BCUT2D eigenvalue weighted by Crippen LogP contribution is 2.39. The minimum Gasteiger partial charge on any atom is -0.495 e. The van der Waals surface area contributed by atoms with E-state index in [0.717, 1.165) is 11.4 Å². The average molecular weight is 229 g/mol. The second-order valence-corrected chi connectivity index (χ2v) is 4.35. The molecule has 0 bridgehead atoms. The number of nitrogens with zero attached hydrogens (tertiary/aromatic N) is 2. The molecule has 88 valence electrons. The van der Waals surface area contributed by atoms with Crippen LogP contribution in [0.15, 0.2) is 30.5 Å². The van der Waals surface area contributed by atoms with Gasteiger partial charge in [-0.3, -0.25) is 0 Å². The normalized spacial score (nSPS) is 14.9. The van der Waals surface area contributed by atoms with Crippen molar-refractivity contribution in [2.45, 2.75) is 18.8 Å². The Kier molecular flexibility index (Phi) is 2.28. The smallest absolute Gasteiger partial charge is 0.143 e. The van der Waals surface area contributed by atoms with Gasteiger partial charge in [0.25, 0.3) is 0 Å². The zero-order valence-corrected chi connectivity index (χ0v) is 9.76. The summed E-state index contributed by atoms with van der Waals surface area (Å²) in [5.41, 5.74) is 8.70. The second-order valence-electron chi connectivity index (χ2n) is 4.35. The molecule has 0 unspecified atom stereocenters. The van der Waals surface area contributed by atoms with Crippen LogP contribution in [0.5, 0.6) is 5.75 Å². The monoisotopic (exact) mass is 229 g/mol. The Morgan fingerprint density at radius 3 is 2.88 bits per heavy atom. The van der Waals surface area contributed by atoms with Crippen molar-refractivity contribution >= 4 is 5.69 Å². The molecule has 1 saturated carbocycles. The molecule has 0 aliphatic heterocycles. The number of nitrogen functional groups attached to an aromatic ring is 1. The van der Waals surface area contributed by atoms with E-state index >= 15 is 0 Å². The topological polar surface area (TPSA) is 53.1 Å². The summed E-state index contributed by atoms with van der Waals surface area (Å²) in [4.78, 5) is 0. The van der Waals surface area contributed by atoms with Gasteiger partial charge < -0.3 is 10.5 Å². The summed E-state index contributed by atoms with van der Waals surface area (Å²) in [5.74, 6) is 1.34. The summed E-state index contributed by atoms with van der Waals surface area (Å²) in [6.07, 6.45) is 4.47. The van der Waals surface area contributed by atoms with E-state index in [2.05, 4.69) is 11.2 Å². The first-order valence-corrected chi connectivity index (χ1v) is 5.78. The van der Waals surface area contributed by atoms with E-state index in [4.69, 9.17) is 10.5 Å². The number of anilines is 1. The molecule has 4 nitrogen and oxygen atoms in total. The third-order valence-corrected chi connectivity index (χ3v) is 3.12. The minimum absolute atomic E-state index is 0.625. The first-order valence-electron chi connectivity index (χ1n) is 5.78. The zero-order chi connectivity index (χ0) is 11.8. The molecular weight excluding hydrogens is 214 g/mol. The van der Waals surface area contributed by atoms with Crippen molar-refractivity contribution in [2.24, 2.45) is 0 Å². The van der Waals surface area contributed by atoms with Gasteiger partial charge in [-0.25, -0.2) is 4.68 Å². The number of rotatable bonds is 3. The maximum absolute atomic E-state index is 6.04. The van der Waals surface area contributed by atoms with Crippen molar-refractivity contribution in [3.05, 3.63) is 36.2 Å². The number of benzene rings is 1. The molecule has 1 aromatic heterocycles. The van der Waals surface area contributed by atoms with Gasteiger partial charge in [-0.15, -0.1) is 0 Å². The second kappa shape index (κ2) is 3.80. The Bertz CT molecular complexity index is 543. The van der Waals surface area contributed by atoms with Crippen LogP contribution in [0.3, 0.4) is 0 Å². The molecule has 2 aromatic rings. The summed E-state index contributed by atoms with van der Waals surface area (Å²) >= 11 is 0. The molecule has 1 aliphatic carbocycles. The molecule has 3 rings (SSSR count). The van der Waals surface area contributed by atoms with Crippen LogP contribution in [0.25, 0.3) is 5.69 Å². The van der Waals surface area contributed by atoms with Crippen LogP contribution in [0.1, 0.15) is 24.5 Å². The standard InChI is InChI=1S/C13H15N3O/c1-17-12-4-2-3-11(13(12)14)16-8-7-10(15-16)9-5-6-9/h2-4,7-9H,5-6,14H2,1H3. The molecule has 2 N–H and O–H groups in total. The Balaban J connectivity index is 2.01. The van der Waals surface area contributed by atoms with Crippen molar-refractivity contribution in [2.75, 3.05) is 12.8 Å². The largest absolute Gasteiger partial charge is 0.495 e. The summed E-state index contributed by atoms with van der Waals surface area (Å²) in [6, 6.07) is 7.78. The fourth-order valence-electron chi connectivity index (χ4n) is 1.98. The zero-order valence-electron chi connectivity index (χ0n) is 9.76. The first kappa shape index (κ1) is 10.2. The molecule has 1 fully saturated rings. The molecule has 0 atom stereocenters. The van der Waals surface area contributed by atoms with Crippen molar-refractivity contribution in [3.8, 4) is 11.4 Å². The van der Waals surface area contributed by atoms with E-state index < -0.39 is 0 Å². The number of nitrogens with two attached hydrogens (primary N) is 1. The number of para-hydroxylation sites is 1. The van der Waals surface area contributed by atoms with Gasteiger partial charge in [-0.1, -0.05) is 6.07 Å². The van der Waals surface area contributed by atoms with Gasteiger partial charge in [0.15, 0.2) is 0 Å². The predicted molar refractivity (Wildman–Crippen MR) is 66.5 cm³/mol. The van der Waals surface area contributed by atoms with Crippen LogP contribution >= 0.6 is 0 Å². The quantitative estimate of drug-likeness (QED) is 0.822. The number of hydrogen-bond donors (Lipinski definition) is 1. The molecule has 0 amide bonds. The summed E-state index contributed by atoms with van der Waals surface area (Å²) in [5, 5.41) is 4.56.